The second-order valence-electron chi connectivity index (χ2n) is 17.0. The van der Waals surface area contributed by atoms with Crippen molar-refractivity contribution in [3.05, 3.63) is 73.6 Å². The minimum atomic E-state index is -3.40. The first kappa shape index (κ1) is 48.4. The van der Waals surface area contributed by atoms with Crippen molar-refractivity contribution >= 4 is 53.0 Å². The molecule has 0 saturated carbocycles. The van der Waals surface area contributed by atoms with Crippen LogP contribution in [0.5, 0.6) is 11.5 Å². The maximum absolute atomic E-state index is 15.0. The van der Waals surface area contributed by atoms with E-state index < -0.39 is 108 Å². The molecule has 16 nitrogen and oxygen atoms in total. The smallest absolute Gasteiger partial charge is 0.487 e. The summed E-state index contributed by atoms with van der Waals surface area (Å²) in [5.41, 5.74) is 2.96. The molecule has 5 N–H and O–H groups in total. The number of carbonyl (C=O) groups is 3. The van der Waals surface area contributed by atoms with E-state index >= 15 is 0 Å². The summed E-state index contributed by atoms with van der Waals surface area (Å²) >= 11 is 0. The van der Waals surface area contributed by atoms with Gasteiger partial charge in [0, 0.05) is 56.5 Å². The third kappa shape index (κ3) is 9.97. The second-order valence-corrected chi connectivity index (χ2v) is 17.0. The lowest BCUT2D eigenvalue weighted by molar-refractivity contribution is 0.0493. The van der Waals surface area contributed by atoms with E-state index in [9.17, 15) is 59.7 Å². The number of benzene rings is 2. The largest absolute Gasteiger partial charge is 0.798 e. The molecule has 1 amide bonds. The summed E-state index contributed by atoms with van der Waals surface area (Å²) in [6.45, 7) is 9.67. The summed E-state index contributed by atoms with van der Waals surface area (Å²) in [4.78, 5) is 60.9. The highest BCUT2D eigenvalue weighted by molar-refractivity contribution is 6.38. The minimum absolute atomic E-state index is 0.0405. The van der Waals surface area contributed by atoms with E-state index in [4.69, 9.17) is 19.9 Å². The van der Waals surface area contributed by atoms with Crippen LogP contribution in [0.4, 0.5) is 41.1 Å². The first-order valence-corrected chi connectivity index (χ1v) is 20.4. The quantitative estimate of drug-likeness (QED) is 0.144. The number of carboxylic acid groups (broad SMARTS) is 1. The molecular formula is C41H46BF7N6O10. The number of halogens is 7. The van der Waals surface area contributed by atoms with Crippen LogP contribution in [-0.4, -0.2) is 110 Å². The van der Waals surface area contributed by atoms with E-state index in [-0.39, 0.29) is 72.0 Å². The third-order valence-electron chi connectivity index (χ3n) is 11.1. The first-order valence-electron chi connectivity index (χ1n) is 20.4. The molecule has 8 rings (SSSR count). The predicted octanol–water partition coefficient (Wildman–Crippen LogP) is 4.91. The lowest BCUT2D eigenvalue weighted by Gasteiger charge is -2.31. The van der Waals surface area contributed by atoms with Crippen molar-refractivity contribution in [3.8, 4) is 11.5 Å². The van der Waals surface area contributed by atoms with Gasteiger partial charge >= 0.3 is 25.5 Å². The number of nitrogens with one attached hydrogen (secondary N) is 2. The molecule has 352 valence electrons. The van der Waals surface area contributed by atoms with Crippen molar-refractivity contribution in [2.75, 3.05) is 57.6 Å². The minimum Gasteiger partial charge on any atom is -0.487 e. The molecule has 4 aliphatic rings. The molecule has 0 unspecified atom stereocenters. The average Bonchev–Trinajstić information content (AvgIpc) is 3.84. The van der Waals surface area contributed by atoms with Crippen LogP contribution >= 0.6 is 0 Å². The Bertz CT molecular complexity index is 2630. The summed E-state index contributed by atoms with van der Waals surface area (Å²) < 4.78 is 115. The summed E-state index contributed by atoms with van der Waals surface area (Å²) in [5, 5.41) is 14.6. The Hall–Kier alpha value is -6.04. The SMILES string of the molecule is CC(C)(C)OC(=O)N[C@@H]1CNC[C@@H]1CF.C[C@H]1COc2c(F)c(F)cc3c(=O)c(C(=O)OB(F)F)cn1c23.C[C@H]1COc2c(N3C[C@H](CF)[C@H](N)C3)c(F)cc3c(=O)c(C(=O)O)cn1c23. The fourth-order valence-corrected chi connectivity index (χ4v) is 7.91. The molecule has 65 heavy (non-hydrogen) atoms. The number of amides is 1. The number of anilines is 1. The molecule has 4 aromatic rings. The van der Waals surface area contributed by atoms with Crippen molar-refractivity contribution in [2.24, 2.45) is 17.6 Å². The molecule has 0 bridgehead atoms. The molecule has 0 radical (unpaired) electrons. The second kappa shape index (κ2) is 19.2. The van der Waals surface area contributed by atoms with E-state index in [0.29, 0.717) is 24.7 Å². The van der Waals surface area contributed by atoms with Gasteiger partial charge in [-0.25, -0.2) is 31.8 Å². The Morgan fingerprint density at radius 1 is 0.877 bits per heavy atom. The van der Waals surface area contributed by atoms with Gasteiger partial charge in [0.25, 0.3) is 0 Å². The zero-order valence-corrected chi connectivity index (χ0v) is 35.7. The summed E-state index contributed by atoms with van der Waals surface area (Å²) in [5.74, 6) is -7.07. The lowest BCUT2D eigenvalue weighted by atomic mass is 10.1. The van der Waals surface area contributed by atoms with Crippen molar-refractivity contribution in [3.63, 3.8) is 0 Å². The summed E-state index contributed by atoms with van der Waals surface area (Å²) in [6, 6.07) is 0.370. The fraction of sp³-hybridized carbons (Fsp3) is 0.488. The number of hydrogen-bond acceptors (Lipinski definition) is 12. The van der Waals surface area contributed by atoms with E-state index in [0.717, 1.165) is 12.3 Å². The van der Waals surface area contributed by atoms with Crippen molar-refractivity contribution in [1.29, 1.82) is 0 Å². The van der Waals surface area contributed by atoms with Gasteiger partial charge < -0.3 is 54.4 Å². The molecule has 24 heteroatoms. The maximum atomic E-state index is 15.0. The maximum Gasteiger partial charge on any atom is 0.798 e. The van der Waals surface area contributed by atoms with E-state index in [2.05, 4.69) is 15.3 Å². The number of carbonyl (C=O) groups excluding carboxylic acids is 2. The fourth-order valence-electron chi connectivity index (χ4n) is 7.91. The molecule has 0 spiro atoms. The van der Waals surface area contributed by atoms with Gasteiger partial charge in [0.2, 0.25) is 16.7 Å². The van der Waals surface area contributed by atoms with Crippen LogP contribution in [0.25, 0.3) is 21.8 Å². The highest BCUT2D eigenvalue weighted by Crippen LogP contribution is 2.43. The van der Waals surface area contributed by atoms with Gasteiger partial charge in [0.15, 0.2) is 23.1 Å². The van der Waals surface area contributed by atoms with Gasteiger partial charge in [-0.1, -0.05) is 0 Å². The van der Waals surface area contributed by atoms with Gasteiger partial charge in [0.1, 0.15) is 35.6 Å². The Balaban J connectivity index is 0.000000168. The average molecular weight is 927 g/mol. The number of hydrogen-bond donors (Lipinski definition) is 4. The number of alkyl carbamates (subject to hydrolysis) is 1. The van der Waals surface area contributed by atoms with Gasteiger partial charge in [-0.2, -0.15) is 4.39 Å². The molecule has 4 aliphatic heterocycles. The Morgan fingerprint density at radius 3 is 1.98 bits per heavy atom. The summed E-state index contributed by atoms with van der Waals surface area (Å²) in [7, 11) is -3.40. The van der Waals surface area contributed by atoms with Gasteiger partial charge in [-0.3, -0.25) is 18.4 Å². The molecule has 6 heterocycles. The topological polar surface area (TPSA) is 206 Å². The van der Waals surface area contributed by atoms with Crippen LogP contribution in [0.2, 0.25) is 0 Å². The van der Waals surface area contributed by atoms with Crippen LogP contribution in [0.1, 0.15) is 67.4 Å². The van der Waals surface area contributed by atoms with Crippen LogP contribution in [0.3, 0.4) is 0 Å². The van der Waals surface area contributed by atoms with Crippen molar-refractivity contribution < 1.29 is 68.9 Å². The van der Waals surface area contributed by atoms with Gasteiger partial charge in [0.05, 0.1) is 53.3 Å². The number of alkyl halides is 2. The Morgan fingerprint density at radius 2 is 1.43 bits per heavy atom. The lowest BCUT2D eigenvalue weighted by Crippen LogP contribution is -2.43. The number of nitrogens with zero attached hydrogens (tertiary/aromatic N) is 3. The van der Waals surface area contributed by atoms with Crippen LogP contribution < -0.4 is 41.6 Å². The van der Waals surface area contributed by atoms with Gasteiger partial charge in [-0.05, 0) is 46.8 Å². The Kier molecular flexibility index (Phi) is 14.3. The monoisotopic (exact) mass is 926 g/mol. The number of nitrogens with two attached hydrogens (primary N) is 1. The number of ether oxygens (including phenoxy) is 3. The molecular weight excluding hydrogens is 880 g/mol. The van der Waals surface area contributed by atoms with Crippen LogP contribution in [-0.2, 0) is 9.39 Å². The van der Waals surface area contributed by atoms with E-state index in [1.54, 1.807) is 37.2 Å². The number of aromatic carboxylic acids is 1. The molecule has 2 aromatic heterocycles. The predicted molar refractivity (Wildman–Crippen MR) is 222 cm³/mol. The van der Waals surface area contributed by atoms with Crippen LogP contribution in [0, 0.1) is 29.3 Å². The normalized spacial score (nSPS) is 21.9. The number of rotatable bonds is 7. The van der Waals surface area contributed by atoms with Crippen molar-refractivity contribution in [1.82, 2.24) is 19.8 Å². The standard InChI is InChI=1S/C18H19F2N3O4.C13H8BF4NO4.C10H19FN2O2/c1-8-7-27-17-14-10(16(24)11(18(25)26)5-23(8)14)2-12(20)15(17)22-4-9(3-19)13(21)6-22;1-5-4-22-12-9(16)8(15)2-6-10(12)19(5)3-7(11(6)20)13(21)23-14(17)18;1-10(2,3)15-9(14)13-8-6-12-5-7(8)4-11/h2,5,8-9,13H,3-4,6-7,21H2,1H3,(H,25,26);2-3,5H,4H2,1H3;7-8,12H,4-6H2,1-3H3,(H,13,14)/t8-,9-,13+;5-;7-,8+/m000/s1. The highest BCUT2D eigenvalue weighted by atomic mass is 19.2. The molecule has 2 aromatic carbocycles. The number of aromatic nitrogens is 2. The molecule has 6 atom stereocenters. The zero-order chi connectivity index (χ0) is 47.8. The molecule has 2 saturated heterocycles. The van der Waals surface area contributed by atoms with E-state index in [1.165, 1.54) is 10.8 Å². The number of carboxylic acids is 1. The van der Waals surface area contributed by atoms with Crippen molar-refractivity contribution in [2.45, 2.75) is 64.4 Å². The molecule has 2 fully saturated rings. The summed E-state index contributed by atoms with van der Waals surface area (Å²) in [6.07, 6.45) is 1.78. The highest BCUT2D eigenvalue weighted by Gasteiger charge is 2.37. The molecule has 0 aliphatic carbocycles. The van der Waals surface area contributed by atoms with E-state index in [1.807, 2.05) is 6.92 Å². The zero-order valence-electron chi connectivity index (χ0n) is 35.7. The third-order valence-corrected chi connectivity index (χ3v) is 11.1. The van der Waals surface area contributed by atoms with Crippen LogP contribution in [0.15, 0.2) is 34.1 Å². The Labute approximate surface area is 365 Å². The number of pyridine rings is 2. The first-order chi connectivity index (χ1) is 30.6. The van der Waals surface area contributed by atoms with Gasteiger partial charge in [-0.15, -0.1) is 0 Å².